The van der Waals surface area contributed by atoms with Crippen molar-refractivity contribution < 1.29 is 28.6 Å². The minimum absolute atomic E-state index is 0.184. The van der Waals surface area contributed by atoms with E-state index in [2.05, 4.69) is 27.9 Å². The minimum Gasteiger partial charge on any atom is -0.497 e. The lowest BCUT2D eigenvalue weighted by Crippen LogP contribution is -2.54. The van der Waals surface area contributed by atoms with Crippen molar-refractivity contribution in [3.63, 3.8) is 0 Å². The van der Waals surface area contributed by atoms with Crippen LogP contribution in [0.25, 0.3) is 6.08 Å². The number of rotatable bonds is 7. The highest BCUT2D eigenvalue weighted by Crippen LogP contribution is 2.35. The third-order valence-corrected chi connectivity index (χ3v) is 6.02. The van der Waals surface area contributed by atoms with E-state index in [-0.39, 0.29) is 5.57 Å². The van der Waals surface area contributed by atoms with E-state index in [0.29, 0.717) is 35.1 Å². The summed E-state index contributed by atoms with van der Waals surface area (Å²) in [7, 11) is 3.03. The number of halogens is 1. The van der Waals surface area contributed by atoms with E-state index < -0.39 is 17.8 Å². The molecule has 0 radical (unpaired) electrons. The lowest BCUT2D eigenvalue weighted by Gasteiger charge is -2.26. The molecule has 8 nitrogen and oxygen atoms in total. The Kier molecular flexibility index (Phi) is 7.35. The van der Waals surface area contributed by atoms with Gasteiger partial charge in [-0.25, -0.2) is 9.69 Å². The van der Waals surface area contributed by atoms with Crippen LogP contribution in [0.3, 0.4) is 0 Å². The van der Waals surface area contributed by atoms with Gasteiger partial charge in [0.15, 0.2) is 11.5 Å². The molecule has 1 fully saturated rings. The molecule has 1 aliphatic rings. The van der Waals surface area contributed by atoms with Gasteiger partial charge in [-0.2, -0.15) is 0 Å². The van der Waals surface area contributed by atoms with E-state index >= 15 is 0 Å². The Morgan fingerprint density at radius 2 is 1.66 bits per heavy atom. The average Bonchev–Trinajstić information content (AvgIpc) is 2.86. The monoisotopic (exact) mass is 584 g/mol. The van der Waals surface area contributed by atoms with Crippen molar-refractivity contribution in [3.05, 3.63) is 87.0 Å². The highest BCUT2D eigenvalue weighted by molar-refractivity contribution is 14.1. The molecule has 0 saturated carbocycles. The van der Waals surface area contributed by atoms with Gasteiger partial charge in [-0.1, -0.05) is 30.3 Å². The van der Waals surface area contributed by atoms with Crippen molar-refractivity contribution in [2.45, 2.75) is 6.61 Å². The van der Waals surface area contributed by atoms with Gasteiger partial charge in [-0.15, -0.1) is 0 Å². The van der Waals surface area contributed by atoms with Crippen molar-refractivity contribution in [2.24, 2.45) is 0 Å². The Morgan fingerprint density at radius 3 is 2.31 bits per heavy atom. The van der Waals surface area contributed by atoms with Crippen molar-refractivity contribution in [3.8, 4) is 17.2 Å². The number of carbonyl (C=O) groups excluding carboxylic acids is 3. The maximum Gasteiger partial charge on any atom is 0.335 e. The zero-order valence-electron chi connectivity index (χ0n) is 18.9. The topological polar surface area (TPSA) is 94.2 Å². The summed E-state index contributed by atoms with van der Waals surface area (Å²) >= 11 is 2.11. The maximum absolute atomic E-state index is 13.2. The molecule has 3 aromatic carbocycles. The van der Waals surface area contributed by atoms with Crippen molar-refractivity contribution in [1.29, 1.82) is 0 Å². The van der Waals surface area contributed by atoms with Crippen LogP contribution in [-0.4, -0.2) is 32.1 Å². The van der Waals surface area contributed by atoms with E-state index in [9.17, 15) is 14.4 Å². The number of urea groups is 1. The average molecular weight is 584 g/mol. The lowest BCUT2D eigenvalue weighted by atomic mass is 10.1. The number of benzene rings is 3. The van der Waals surface area contributed by atoms with Gasteiger partial charge in [0.1, 0.15) is 17.9 Å². The van der Waals surface area contributed by atoms with Crippen LogP contribution < -0.4 is 24.4 Å². The third-order valence-electron chi connectivity index (χ3n) is 5.22. The zero-order chi connectivity index (χ0) is 24.9. The van der Waals surface area contributed by atoms with Crippen LogP contribution in [0.1, 0.15) is 11.1 Å². The standard InChI is InChI=1S/C26H21IN2O6/c1-33-19-10-8-18(9-11-19)29-25(31)20(24(30)28-26(29)32)12-17-13-21(27)23(22(14-17)34-2)35-15-16-6-4-3-5-7-16/h3-14H,15H2,1-2H3,(H,28,30,32)/b20-12+. The number of hydrogen-bond acceptors (Lipinski definition) is 6. The van der Waals surface area contributed by atoms with E-state index in [4.69, 9.17) is 14.2 Å². The second kappa shape index (κ2) is 10.6. The van der Waals surface area contributed by atoms with Crippen LogP contribution in [0.2, 0.25) is 0 Å². The van der Waals surface area contributed by atoms with Crippen molar-refractivity contribution in [2.75, 3.05) is 19.1 Å². The molecule has 178 valence electrons. The van der Waals surface area contributed by atoms with E-state index in [1.165, 1.54) is 20.3 Å². The SMILES string of the molecule is COc1ccc(N2C(=O)NC(=O)/C(=C\c3cc(I)c(OCc4ccccc4)c(OC)c3)C2=O)cc1. The maximum atomic E-state index is 13.2. The Labute approximate surface area is 215 Å². The molecule has 0 atom stereocenters. The van der Waals surface area contributed by atoms with Gasteiger partial charge in [-0.05, 0) is 76.2 Å². The van der Waals surface area contributed by atoms with Crippen molar-refractivity contribution >= 4 is 52.2 Å². The van der Waals surface area contributed by atoms with Gasteiger partial charge in [0, 0.05) is 0 Å². The molecule has 0 bridgehead atoms. The molecular formula is C26H21IN2O6. The Bertz CT molecular complexity index is 1310. The van der Waals surface area contributed by atoms with Gasteiger partial charge in [-0.3, -0.25) is 14.9 Å². The number of ether oxygens (including phenoxy) is 3. The summed E-state index contributed by atoms with van der Waals surface area (Å²) in [5, 5.41) is 2.22. The first-order valence-electron chi connectivity index (χ1n) is 10.5. The fraction of sp³-hybridized carbons (Fsp3) is 0.115. The molecular weight excluding hydrogens is 563 g/mol. The smallest absolute Gasteiger partial charge is 0.335 e. The molecule has 1 saturated heterocycles. The number of anilines is 1. The molecule has 35 heavy (non-hydrogen) atoms. The van der Waals surface area contributed by atoms with Crippen LogP contribution in [0.15, 0.2) is 72.3 Å². The third kappa shape index (κ3) is 5.29. The summed E-state index contributed by atoms with van der Waals surface area (Å²) in [5.74, 6) is 0.0622. The fourth-order valence-electron chi connectivity index (χ4n) is 3.48. The number of imide groups is 2. The Morgan fingerprint density at radius 1 is 0.943 bits per heavy atom. The normalized spacial score (nSPS) is 14.7. The molecule has 0 aromatic heterocycles. The molecule has 4 rings (SSSR count). The number of nitrogens with zero attached hydrogens (tertiary/aromatic N) is 1. The second-order valence-corrected chi connectivity index (χ2v) is 8.63. The Balaban J connectivity index is 1.63. The summed E-state index contributed by atoms with van der Waals surface area (Å²) in [4.78, 5) is 39.0. The first-order chi connectivity index (χ1) is 16.9. The molecule has 0 spiro atoms. The summed E-state index contributed by atoms with van der Waals surface area (Å²) in [6.07, 6.45) is 1.42. The quantitative estimate of drug-likeness (QED) is 0.249. The highest BCUT2D eigenvalue weighted by atomic mass is 127. The molecule has 3 aromatic rings. The van der Waals surface area contributed by atoms with E-state index in [1.807, 2.05) is 30.3 Å². The summed E-state index contributed by atoms with van der Waals surface area (Å²) in [6.45, 7) is 0.355. The van der Waals surface area contributed by atoms with Crippen molar-refractivity contribution in [1.82, 2.24) is 5.32 Å². The van der Waals surface area contributed by atoms with E-state index in [0.717, 1.165) is 14.0 Å². The first kappa shape index (κ1) is 24.3. The van der Waals surface area contributed by atoms with Crippen LogP contribution in [0.5, 0.6) is 17.2 Å². The van der Waals surface area contributed by atoms with Crippen LogP contribution >= 0.6 is 22.6 Å². The predicted octanol–water partition coefficient (Wildman–Crippen LogP) is 4.55. The lowest BCUT2D eigenvalue weighted by molar-refractivity contribution is -0.122. The van der Waals surface area contributed by atoms with Gasteiger partial charge < -0.3 is 14.2 Å². The summed E-state index contributed by atoms with van der Waals surface area (Å²) in [6, 6.07) is 18.7. The number of barbiturate groups is 1. The summed E-state index contributed by atoms with van der Waals surface area (Å²) in [5.41, 5.74) is 1.67. The van der Waals surface area contributed by atoms with Crippen LogP contribution in [0, 0.1) is 3.57 Å². The van der Waals surface area contributed by atoms with Crippen LogP contribution in [0.4, 0.5) is 10.5 Å². The molecule has 0 unspecified atom stereocenters. The minimum atomic E-state index is -0.820. The van der Waals surface area contributed by atoms with Gasteiger partial charge in [0.25, 0.3) is 11.8 Å². The van der Waals surface area contributed by atoms with E-state index in [1.54, 1.807) is 36.4 Å². The molecule has 1 N–H and O–H groups in total. The molecule has 9 heteroatoms. The largest absolute Gasteiger partial charge is 0.497 e. The fourth-order valence-corrected chi connectivity index (χ4v) is 4.26. The number of methoxy groups -OCH3 is 2. The van der Waals surface area contributed by atoms with Gasteiger partial charge in [0.05, 0.1) is 23.5 Å². The molecule has 1 aliphatic heterocycles. The number of carbonyl (C=O) groups is 3. The highest BCUT2D eigenvalue weighted by Gasteiger charge is 2.36. The first-order valence-corrected chi connectivity index (χ1v) is 11.6. The number of nitrogens with one attached hydrogen (secondary N) is 1. The predicted molar refractivity (Wildman–Crippen MR) is 138 cm³/mol. The molecule has 0 aliphatic carbocycles. The zero-order valence-corrected chi connectivity index (χ0v) is 21.1. The Hall–Kier alpha value is -3.86. The second-order valence-electron chi connectivity index (χ2n) is 7.46. The number of amides is 4. The molecule has 1 heterocycles. The summed E-state index contributed by atoms with van der Waals surface area (Å²) < 4.78 is 17.3. The van der Waals surface area contributed by atoms with Gasteiger partial charge >= 0.3 is 6.03 Å². The van der Waals surface area contributed by atoms with Crippen LogP contribution in [-0.2, 0) is 16.2 Å². The van der Waals surface area contributed by atoms with Gasteiger partial charge in [0.2, 0.25) is 0 Å². The number of hydrogen-bond donors (Lipinski definition) is 1. The molecule has 4 amide bonds.